The van der Waals surface area contributed by atoms with E-state index in [1.54, 1.807) is 66.5 Å². The van der Waals surface area contributed by atoms with E-state index in [4.69, 9.17) is 9.47 Å². The number of halogens is 1. The van der Waals surface area contributed by atoms with Gasteiger partial charge in [-0.25, -0.2) is 4.39 Å². The molecule has 0 aliphatic carbocycles. The summed E-state index contributed by atoms with van der Waals surface area (Å²) in [5.74, 6) is 1.15. The maximum atomic E-state index is 13.5. The number of hydrogen-bond donors (Lipinski definition) is 1. The minimum absolute atomic E-state index is 0.0743. The Bertz CT molecular complexity index is 1250. The first-order valence-corrected chi connectivity index (χ1v) is 10.8. The number of anilines is 1. The number of pyridine rings is 1. The first-order chi connectivity index (χ1) is 16.1. The lowest BCUT2D eigenvalue weighted by atomic mass is 10.2. The number of thioether (sulfide) groups is 1. The summed E-state index contributed by atoms with van der Waals surface area (Å²) in [5, 5.41) is 11.9. The van der Waals surface area contributed by atoms with E-state index in [1.165, 1.54) is 31.0 Å². The summed E-state index contributed by atoms with van der Waals surface area (Å²) >= 11 is 1.21. The van der Waals surface area contributed by atoms with Gasteiger partial charge in [-0.05, 0) is 48.5 Å². The Balaban J connectivity index is 1.56. The molecule has 168 valence electrons. The maximum Gasteiger partial charge on any atom is 0.234 e. The Kier molecular flexibility index (Phi) is 6.84. The third-order valence-corrected chi connectivity index (χ3v) is 5.60. The smallest absolute Gasteiger partial charge is 0.234 e. The highest BCUT2D eigenvalue weighted by Crippen LogP contribution is 2.30. The topological polar surface area (TPSA) is 91.2 Å². The summed E-state index contributed by atoms with van der Waals surface area (Å²) in [6, 6.07) is 14.7. The van der Waals surface area contributed by atoms with E-state index in [-0.39, 0.29) is 17.5 Å². The van der Waals surface area contributed by atoms with Crippen LogP contribution in [0.5, 0.6) is 11.5 Å². The van der Waals surface area contributed by atoms with Gasteiger partial charge < -0.3 is 14.8 Å². The van der Waals surface area contributed by atoms with Crippen LogP contribution < -0.4 is 14.8 Å². The van der Waals surface area contributed by atoms with Gasteiger partial charge in [0.25, 0.3) is 0 Å². The molecule has 10 heteroatoms. The summed E-state index contributed by atoms with van der Waals surface area (Å²) in [6.45, 7) is 0. The number of carbonyl (C=O) groups excluding carboxylic acids is 1. The van der Waals surface area contributed by atoms with E-state index < -0.39 is 0 Å². The lowest BCUT2D eigenvalue weighted by Crippen LogP contribution is -2.15. The zero-order valence-corrected chi connectivity index (χ0v) is 18.7. The summed E-state index contributed by atoms with van der Waals surface area (Å²) in [7, 11) is 3.08. The third kappa shape index (κ3) is 5.12. The second-order valence-electron chi connectivity index (χ2n) is 6.76. The second kappa shape index (κ2) is 10.1. The standard InChI is InChI=1S/C23H20FN5O3S/c1-31-18-7-8-19(20(13-18)32-2)26-21(30)14-33-23-28-27-22(15-9-11-25-12-10-15)29(23)17-5-3-16(24)4-6-17/h3-13H,14H2,1-2H3,(H,26,30). The summed E-state index contributed by atoms with van der Waals surface area (Å²) < 4.78 is 25.8. The molecule has 0 saturated carbocycles. The van der Waals surface area contributed by atoms with Gasteiger partial charge in [0.1, 0.15) is 17.3 Å². The van der Waals surface area contributed by atoms with E-state index in [1.807, 2.05) is 0 Å². The number of benzene rings is 2. The number of nitrogens with one attached hydrogen (secondary N) is 1. The van der Waals surface area contributed by atoms with Crippen LogP contribution in [-0.2, 0) is 4.79 Å². The van der Waals surface area contributed by atoms with Crippen LogP contribution >= 0.6 is 11.8 Å². The van der Waals surface area contributed by atoms with Crippen molar-refractivity contribution >= 4 is 23.4 Å². The molecule has 33 heavy (non-hydrogen) atoms. The minimum atomic E-state index is -0.348. The molecule has 0 bridgehead atoms. The summed E-state index contributed by atoms with van der Waals surface area (Å²) in [5.41, 5.74) is 2.00. The Labute approximate surface area is 193 Å². The van der Waals surface area contributed by atoms with Crippen LogP contribution in [0.1, 0.15) is 0 Å². The lowest BCUT2D eigenvalue weighted by molar-refractivity contribution is -0.113. The highest BCUT2D eigenvalue weighted by molar-refractivity contribution is 7.99. The molecule has 0 radical (unpaired) electrons. The third-order valence-electron chi connectivity index (χ3n) is 4.67. The number of amides is 1. The zero-order valence-electron chi connectivity index (χ0n) is 17.9. The molecular weight excluding hydrogens is 445 g/mol. The van der Waals surface area contributed by atoms with Crippen molar-refractivity contribution in [3.63, 3.8) is 0 Å². The molecule has 1 N–H and O–H groups in total. The van der Waals surface area contributed by atoms with E-state index in [0.717, 1.165) is 5.56 Å². The predicted octanol–water partition coefficient (Wildman–Crippen LogP) is 4.22. The van der Waals surface area contributed by atoms with Gasteiger partial charge >= 0.3 is 0 Å². The SMILES string of the molecule is COc1ccc(NC(=O)CSc2nnc(-c3ccncc3)n2-c2ccc(F)cc2)c(OC)c1. The van der Waals surface area contributed by atoms with Gasteiger partial charge in [0.15, 0.2) is 11.0 Å². The summed E-state index contributed by atoms with van der Waals surface area (Å²) in [4.78, 5) is 16.7. The van der Waals surface area contributed by atoms with Crippen molar-refractivity contribution in [3.8, 4) is 28.6 Å². The second-order valence-corrected chi connectivity index (χ2v) is 7.70. The van der Waals surface area contributed by atoms with Crippen LogP contribution in [0.2, 0.25) is 0 Å². The zero-order chi connectivity index (χ0) is 23.2. The largest absolute Gasteiger partial charge is 0.497 e. The molecule has 4 rings (SSSR count). The number of rotatable bonds is 8. The molecule has 0 unspecified atom stereocenters. The van der Waals surface area contributed by atoms with E-state index in [2.05, 4.69) is 20.5 Å². The number of carbonyl (C=O) groups is 1. The van der Waals surface area contributed by atoms with Crippen LogP contribution in [0, 0.1) is 5.82 Å². The molecule has 0 spiro atoms. The molecule has 8 nitrogen and oxygen atoms in total. The van der Waals surface area contributed by atoms with Crippen LogP contribution in [-0.4, -0.2) is 45.6 Å². The molecule has 0 aliphatic heterocycles. The average Bonchev–Trinajstić information content (AvgIpc) is 3.28. The number of ether oxygens (including phenoxy) is 2. The van der Waals surface area contributed by atoms with E-state index in [9.17, 15) is 9.18 Å². The van der Waals surface area contributed by atoms with Gasteiger partial charge in [-0.1, -0.05) is 11.8 Å². The van der Waals surface area contributed by atoms with Crippen LogP contribution in [0.4, 0.5) is 10.1 Å². The molecule has 0 aliphatic rings. The first-order valence-electron chi connectivity index (χ1n) is 9.85. The monoisotopic (exact) mass is 465 g/mol. The highest BCUT2D eigenvalue weighted by Gasteiger charge is 2.18. The predicted molar refractivity (Wildman–Crippen MR) is 123 cm³/mol. The van der Waals surface area contributed by atoms with Crippen LogP contribution in [0.25, 0.3) is 17.1 Å². The fourth-order valence-electron chi connectivity index (χ4n) is 3.09. The normalized spacial score (nSPS) is 10.6. The minimum Gasteiger partial charge on any atom is -0.497 e. The van der Waals surface area contributed by atoms with Crippen molar-refractivity contribution < 1.29 is 18.7 Å². The van der Waals surface area contributed by atoms with E-state index in [0.29, 0.717) is 33.9 Å². The van der Waals surface area contributed by atoms with Gasteiger partial charge in [-0.3, -0.25) is 14.3 Å². The number of aromatic nitrogens is 4. The molecule has 2 aromatic heterocycles. The average molecular weight is 466 g/mol. The molecular formula is C23H20FN5O3S. The Hall–Kier alpha value is -3.92. The van der Waals surface area contributed by atoms with Gasteiger partial charge in [0.05, 0.1) is 25.7 Å². The van der Waals surface area contributed by atoms with Crippen molar-refractivity contribution in [2.75, 3.05) is 25.3 Å². The van der Waals surface area contributed by atoms with Gasteiger partial charge in [-0.2, -0.15) is 0 Å². The van der Waals surface area contributed by atoms with Gasteiger partial charge in [-0.15, -0.1) is 10.2 Å². The van der Waals surface area contributed by atoms with Crippen molar-refractivity contribution in [1.29, 1.82) is 0 Å². The highest BCUT2D eigenvalue weighted by atomic mass is 32.2. The van der Waals surface area contributed by atoms with Crippen molar-refractivity contribution in [2.45, 2.75) is 5.16 Å². The van der Waals surface area contributed by atoms with Crippen LogP contribution in [0.15, 0.2) is 72.1 Å². The molecule has 2 heterocycles. The lowest BCUT2D eigenvalue weighted by Gasteiger charge is -2.12. The number of hydrogen-bond acceptors (Lipinski definition) is 7. The van der Waals surface area contributed by atoms with E-state index >= 15 is 0 Å². The molecule has 0 saturated heterocycles. The molecule has 0 atom stereocenters. The first kappa shape index (κ1) is 22.3. The van der Waals surface area contributed by atoms with Gasteiger partial charge in [0, 0.05) is 29.7 Å². The molecule has 2 aromatic carbocycles. The number of nitrogens with zero attached hydrogens (tertiary/aromatic N) is 4. The van der Waals surface area contributed by atoms with Gasteiger partial charge in [0.2, 0.25) is 5.91 Å². The molecule has 0 fully saturated rings. The summed E-state index contributed by atoms with van der Waals surface area (Å²) in [6.07, 6.45) is 3.31. The Morgan fingerprint density at radius 3 is 2.48 bits per heavy atom. The molecule has 1 amide bonds. The molecule has 4 aromatic rings. The maximum absolute atomic E-state index is 13.5. The number of methoxy groups -OCH3 is 2. The van der Waals surface area contributed by atoms with Crippen molar-refractivity contribution in [3.05, 3.63) is 72.8 Å². The Morgan fingerprint density at radius 1 is 1.03 bits per heavy atom. The van der Waals surface area contributed by atoms with Crippen molar-refractivity contribution in [2.24, 2.45) is 0 Å². The quantitative estimate of drug-likeness (QED) is 0.390. The fraction of sp³-hybridized carbons (Fsp3) is 0.130. The fourth-order valence-corrected chi connectivity index (χ4v) is 3.84. The Morgan fingerprint density at radius 2 is 1.79 bits per heavy atom. The van der Waals surface area contributed by atoms with Crippen LogP contribution in [0.3, 0.4) is 0 Å². The van der Waals surface area contributed by atoms with Crippen molar-refractivity contribution in [1.82, 2.24) is 19.7 Å².